The van der Waals surface area contributed by atoms with Crippen LogP contribution in [0.15, 0.2) is 53.4 Å². The maximum Gasteiger partial charge on any atom is 0.238 e. The molecule has 0 saturated heterocycles. The molecule has 3 rings (SSSR count). The van der Waals surface area contributed by atoms with Gasteiger partial charge in [-0.05, 0) is 23.8 Å². The first-order valence-electron chi connectivity index (χ1n) is 7.31. The Morgan fingerprint density at radius 2 is 1.88 bits per heavy atom. The molecule has 2 aromatic carbocycles. The largest absolute Gasteiger partial charge is 0.388 e. The highest BCUT2D eigenvalue weighted by molar-refractivity contribution is 7.89. The van der Waals surface area contributed by atoms with Crippen molar-refractivity contribution < 1.29 is 17.9 Å². The highest BCUT2D eigenvalue weighted by atomic mass is 32.2. The number of aromatic nitrogens is 3. The van der Waals surface area contributed by atoms with Crippen molar-refractivity contribution in [3.8, 4) is 5.69 Å². The van der Waals surface area contributed by atoms with Gasteiger partial charge in [-0.3, -0.25) is 0 Å². The van der Waals surface area contributed by atoms with E-state index in [0.717, 1.165) is 11.6 Å². The van der Waals surface area contributed by atoms with Gasteiger partial charge in [0.2, 0.25) is 10.0 Å². The molecule has 0 amide bonds. The standard InChI is InChI=1S/C16H15FN4O3S/c17-13-9-12(25(18,23)24)6-7-14(13)21-16(19-15(10-22)20-21)8-11-4-2-1-3-5-11/h1-7,9,22H,8,10H2,(H2,18,23,24). The Morgan fingerprint density at radius 1 is 1.16 bits per heavy atom. The monoisotopic (exact) mass is 362 g/mol. The third-order valence-corrected chi connectivity index (χ3v) is 4.45. The van der Waals surface area contributed by atoms with E-state index in [2.05, 4.69) is 10.1 Å². The molecule has 0 aliphatic rings. The average molecular weight is 362 g/mol. The van der Waals surface area contributed by atoms with Gasteiger partial charge in [0, 0.05) is 6.42 Å². The van der Waals surface area contributed by atoms with Gasteiger partial charge in [-0.2, -0.15) is 0 Å². The van der Waals surface area contributed by atoms with E-state index in [1.807, 2.05) is 30.3 Å². The predicted molar refractivity (Wildman–Crippen MR) is 87.9 cm³/mol. The summed E-state index contributed by atoms with van der Waals surface area (Å²) in [6.45, 7) is -0.397. The summed E-state index contributed by atoms with van der Waals surface area (Å²) in [7, 11) is -4.01. The quantitative estimate of drug-likeness (QED) is 0.707. The minimum absolute atomic E-state index is 0.0190. The summed E-state index contributed by atoms with van der Waals surface area (Å²) < 4.78 is 38.3. The van der Waals surface area contributed by atoms with Crippen LogP contribution in [-0.4, -0.2) is 28.3 Å². The van der Waals surface area contributed by atoms with Crippen LogP contribution in [0.4, 0.5) is 4.39 Å². The van der Waals surface area contributed by atoms with Crippen LogP contribution in [0.2, 0.25) is 0 Å². The number of hydrogen-bond acceptors (Lipinski definition) is 5. The maximum absolute atomic E-state index is 14.4. The first-order chi connectivity index (χ1) is 11.9. The SMILES string of the molecule is NS(=O)(=O)c1ccc(-n2nc(CO)nc2Cc2ccccc2)c(F)c1. The molecule has 0 bridgehead atoms. The topological polar surface area (TPSA) is 111 Å². The molecule has 1 aromatic heterocycles. The van der Waals surface area contributed by atoms with Gasteiger partial charge in [0.15, 0.2) is 5.82 Å². The van der Waals surface area contributed by atoms with Crippen molar-refractivity contribution in [3.63, 3.8) is 0 Å². The lowest BCUT2D eigenvalue weighted by molar-refractivity contribution is 0.271. The summed E-state index contributed by atoms with van der Waals surface area (Å²) in [6.07, 6.45) is 0.365. The second-order valence-corrected chi connectivity index (χ2v) is 6.90. The van der Waals surface area contributed by atoms with Crippen molar-refractivity contribution in [2.24, 2.45) is 5.14 Å². The number of primary sulfonamides is 1. The van der Waals surface area contributed by atoms with E-state index >= 15 is 0 Å². The molecular weight excluding hydrogens is 347 g/mol. The highest BCUT2D eigenvalue weighted by Gasteiger charge is 2.17. The van der Waals surface area contributed by atoms with Crippen LogP contribution in [0, 0.1) is 5.82 Å². The van der Waals surface area contributed by atoms with Crippen molar-refractivity contribution in [2.75, 3.05) is 0 Å². The number of hydrogen-bond donors (Lipinski definition) is 2. The van der Waals surface area contributed by atoms with E-state index in [-0.39, 0.29) is 16.4 Å². The van der Waals surface area contributed by atoms with Crippen molar-refractivity contribution in [3.05, 3.63) is 71.6 Å². The number of aliphatic hydroxyl groups excluding tert-OH is 1. The second-order valence-electron chi connectivity index (χ2n) is 5.33. The molecule has 0 spiro atoms. The van der Waals surface area contributed by atoms with Crippen LogP contribution >= 0.6 is 0 Å². The Balaban J connectivity index is 2.06. The van der Waals surface area contributed by atoms with Gasteiger partial charge in [-0.25, -0.2) is 27.6 Å². The van der Waals surface area contributed by atoms with E-state index in [9.17, 15) is 17.9 Å². The zero-order valence-electron chi connectivity index (χ0n) is 13.0. The third kappa shape index (κ3) is 3.73. The number of benzene rings is 2. The van der Waals surface area contributed by atoms with Gasteiger partial charge >= 0.3 is 0 Å². The molecule has 0 radical (unpaired) electrons. The van der Waals surface area contributed by atoms with Gasteiger partial charge in [0.05, 0.1) is 4.90 Å². The Labute approximate surface area is 143 Å². The Morgan fingerprint density at radius 3 is 2.48 bits per heavy atom. The molecule has 0 aliphatic heterocycles. The molecule has 7 nitrogen and oxygen atoms in total. The summed E-state index contributed by atoms with van der Waals surface area (Å²) in [5.41, 5.74) is 0.952. The number of sulfonamides is 1. The number of halogens is 1. The smallest absolute Gasteiger partial charge is 0.238 e. The van der Waals surface area contributed by atoms with Crippen molar-refractivity contribution in [2.45, 2.75) is 17.9 Å². The first kappa shape index (κ1) is 17.2. The third-order valence-electron chi connectivity index (χ3n) is 3.54. The fourth-order valence-corrected chi connectivity index (χ4v) is 2.91. The van der Waals surface area contributed by atoms with Crippen LogP contribution in [0.5, 0.6) is 0 Å². The zero-order valence-corrected chi connectivity index (χ0v) is 13.8. The van der Waals surface area contributed by atoms with Gasteiger partial charge in [0.25, 0.3) is 0 Å². The van der Waals surface area contributed by atoms with Gasteiger partial charge in [0.1, 0.15) is 23.9 Å². The molecule has 0 unspecified atom stereocenters. The molecular formula is C16H15FN4O3S. The lowest BCUT2D eigenvalue weighted by Crippen LogP contribution is -2.13. The number of nitrogens with two attached hydrogens (primary N) is 1. The summed E-state index contributed by atoms with van der Waals surface area (Å²) in [4.78, 5) is 3.87. The van der Waals surface area contributed by atoms with Crippen LogP contribution in [0.3, 0.4) is 0 Å². The van der Waals surface area contributed by atoms with Gasteiger partial charge in [-0.15, -0.1) is 5.10 Å². The van der Waals surface area contributed by atoms with E-state index in [1.54, 1.807) is 0 Å². The molecule has 0 aliphatic carbocycles. The number of rotatable bonds is 5. The summed E-state index contributed by atoms with van der Waals surface area (Å²) in [5.74, 6) is -0.256. The van der Waals surface area contributed by atoms with Crippen LogP contribution in [0.25, 0.3) is 5.69 Å². The van der Waals surface area contributed by atoms with E-state index in [0.29, 0.717) is 12.2 Å². The van der Waals surface area contributed by atoms with Gasteiger partial charge < -0.3 is 5.11 Å². The van der Waals surface area contributed by atoms with E-state index < -0.39 is 22.4 Å². The molecule has 0 saturated carbocycles. The number of nitrogens with zero attached hydrogens (tertiary/aromatic N) is 3. The Bertz CT molecular complexity index is 1000. The fourth-order valence-electron chi connectivity index (χ4n) is 2.38. The minimum atomic E-state index is -4.01. The highest BCUT2D eigenvalue weighted by Crippen LogP contribution is 2.20. The normalized spacial score (nSPS) is 11.6. The van der Waals surface area contributed by atoms with Crippen LogP contribution in [-0.2, 0) is 23.1 Å². The molecule has 0 atom stereocenters. The van der Waals surface area contributed by atoms with Gasteiger partial charge in [-0.1, -0.05) is 30.3 Å². The van der Waals surface area contributed by atoms with E-state index in [1.165, 1.54) is 16.8 Å². The van der Waals surface area contributed by atoms with E-state index in [4.69, 9.17) is 5.14 Å². The van der Waals surface area contributed by atoms with Crippen molar-refractivity contribution in [1.82, 2.24) is 14.8 Å². The van der Waals surface area contributed by atoms with Crippen LogP contribution < -0.4 is 5.14 Å². The molecule has 3 N–H and O–H groups in total. The predicted octanol–water partition coefficient (Wildman–Crippen LogP) is 1.14. The molecule has 130 valence electrons. The molecule has 9 heteroatoms. The molecule has 3 aromatic rings. The first-order valence-corrected chi connectivity index (χ1v) is 8.85. The van der Waals surface area contributed by atoms with Crippen LogP contribution in [0.1, 0.15) is 17.2 Å². The van der Waals surface area contributed by atoms with Crippen molar-refractivity contribution in [1.29, 1.82) is 0 Å². The second kappa shape index (κ2) is 6.71. The lowest BCUT2D eigenvalue weighted by Gasteiger charge is -2.08. The summed E-state index contributed by atoms with van der Waals surface area (Å²) in [6, 6.07) is 12.7. The Hall–Kier alpha value is -2.62. The minimum Gasteiger partial charge on any atom is -0.388 e. The zero-order chi connectivity index (χ0) is 18.0. The molecule has 1 heterocycles. The molecule has 25 heavy (non-hydrogen) atoms. The fraction of sp³-hybridized carbons (Fsp3) is 0.125. The summed E-state index contributed by atoms with van der Waals surface area (Å²) >= 11 is 0. The summed E-state index contributed by atoms with van der Waals surface area (Å²) in [5, 5.41) is 18.4. The maximum atomic E-state index is 14.4. The Kier molecular flexibility index (Phi) is 4.62. The average Bonchev–Trinajstić information content (AvgIpc) is 2.97. The number of aliphatic hydroxyl groups is 1. The molecule has 0 fully saturated rings. The van der Waals surface area contributed by atoms with Crippen molar-refractivity contribution >= 4 is 10.0 Å². The lowest BCUT2D eigenvalue weighted by atomic mass is 10.1.